The van der Waals surface area contributed by atoms with Crippen LogP contribution in [0.1, 0.15) is 18.4 Å². The minimum absolute atomic E-state index is 0. The molecule has 1 fully saturated rings. The van der Waals surface area contributed by atoms with Crippen molar-refractivity contribution < 1.29 is 26.5 Å². The fourth-order valence-corrected chi connectivity index (χ4v) is 3.78. The van der Waals surface area contributed by atoms with Crippen LogP contribution in [0.4, 0.5) is 18.9 Å². The maximum absolute atomic E-state index is 13.1. The molecule has 2 N–H and O–H groups in total. The van der Waals surface area contributed by atoms with Crippen LogP contribution >= 0.6 is 12.4 Å². The summed E-state index contributed by atoms with van der Waals surface area (Å²) < 4.78 is 65.7. The van der Waals surface area contributed by atoms with Crippen LogP contribution in [0.3, 0.4) is 0 Å². The molecule has 1 saturated heterocycles. The van der Waals surface area contributed by atoms with Crippen molar-refractivity contribution in [2.75, 3.05) is 19.6 Å². The number of benzene rings is 1. The van der Waals surface area contributed by atoms with Crippen molar-refractivity contribution in [2.45, 2.75) is 23.9 Å². The smallest absolute Gasteiger partial charge is 0.316 e. The summed E-state index contributed by atoms with van der Waals surface area (Å²) in [6.07, 6.45) is -3.64. The number of halogens is 4. The Labute approximate surface area is 148 Å². The predicted octanol–water partition coefficient (Wildman–Crippen LogP) is 2.31. The van der Waals surface area contributed by atoms with E-state index in [1.54, 1.807) is 0 Å². The summed E-state index contributed by atoms with van der Waals surface area (Å²) in [7, 11) is -4.42. The largest absolute Gasteiger partial charge is 0.417 e. The topological polar surface area (TPSA) is 101 Å². The van der Waals surface area contributed by atoms with Gasteiger partial charge >= 0.3 is 6.18 Å². The van der Waals surface area contributed by atoms with E-state index in [4.69, 9.17) is 0 Å². The second kappa shape index (κ2) is 8.30. The third-order valence-electron chi connectivity index (χ3n) is 3.78. The molecule has 2 rings (SSSR count). The first-order valence-corrected chi connectivity index (χ1v) is 8.65. The molecule has 0 aliphatic carbocycles. The van der Waals surface area contributed by atoms with Crippen molar-refractivity contribution in [2.24, 2.45) is 5.92 Å². The third kappa shape index (κ3) is 5.53. The molecule has 1 aliphatic rings. The molecular weight excluding hydrogens is 387 g/mol. The van der Waals surface area contributed by atoms with E-state index >= 15 is 0 Å². The lowest BCUT2D eigenvalue weighted by atomic mass is 10.1. The molecule has 12 heteroatoms. The summed E-state index contributed by atoms with van der Waals surface area (Å²) in [6.45, 7) is 1.58. The molecule has 1 aromatic carbocycles. The standard InChI is InChI=1S/C13H16F3N3O4S.ClH/c14-13(15,16)11-7-10(19(20)21)1-2-12(11)24(22,23)18-6-4-9-3-5-17-8-9;/h1-2,7,9,17-18H,3-6,8H2;1H. The first-order valence-electron chi connectivity index (χ1n) is 7.17. The van der Waals surface area contributed by atoms with Crippen molar-refractivity contribution in [3.63, 3.8) is 0 Å². The monoisotopic (exact) mass is 403 g/mol. The van der Waals surface area contributed by atoms with Crippen molar-refractivity contribution in [1.82, 2.24) is 10.0 Å². The third-order valence-corrected chi connectivity index (χ3v) is 5.30. The number of non-ortho nitro benzene ring substituents is 1. The van der Waals surface area contributed by atoms with E-state index in [9.17, 15) is 31.7 Å². The highest BCUT2D eigenvalue weighted by Gasteiger charge is 2.38. The molecule has 0 aromatic heterocycles. The van der Waals surface area contributed by atoms with Crippen LogP contribution in [0.2, 0.25) is 0 Å². The van der Waals surface area contributed by atoms with Gasteiger partial charge in [-0.3, -0.25) is 10.1 Å². The van der Waals surface area contributed by atoms with Crippen molar-refractivity contribution in [3.8, 4) is 0 Å². The molecule has 1 atom stereocenters. The molecule has 7 nitrogen and oxygen atoms in total. The Morgan fingerprint density at radius 2 is 2.04 bits per heavy atom. The van der Waals surface area contributed by atoms with Gasteiger partial charge in [-0.1, -0.05) is 0 Å². The lowest BCUT2D eigenvalue weighted by Crippen LogP contribution is -2.28. The lowest BCUT2D eigenvalue weighted by Gasteiger charge is -2.14. The number of nitrogens with one attached hydrogen (secondary N) is 2. The van der Waals surface area contributed by atoms with Crippen LogP contribution in [0, 0.1) is 16.0 Å². The van der Waals surface area contributed by atoms with Gasteiger partial charge in [0.1, 0.15) is 0 Å². The number of nitro groups is 1. The van der Waals surface area contributed by atoms with Gasteiger partial charge in [-0.15, -0.1) is 12.4 Å². The van der Waals surface area contributed by atoms with Crippen LogP contribution in [-0.4, -0.2) is 33.0 Å². The van der Waals surface area contributed by atoms with E-state index in [0.717, 1.165) is 25.6 Å². The second-order valence-corrected chi connectivity index (χ2v) is 7.22. The lowest BCUT2D eigenvalue weighted by molar-refractivity contribution is -0.385. The first-order chi connectivity index (χ1) is 11.1. The molecule has 1 unspecified atom stereocenters. The maximum atomic E-state index is 13.1. The van der Waals surface area contributed by atoms with E-state index in [1.165, 1.54) is 0 Å². The van der Waals surface area contributed by atoms with Crippen LogP contribution in [0.15, 0.2) is 23.1 Å². The van der Waals surface area contributed by atoms with Crippen LogP contribution in [0.25, 0.3) is 0 Å². The quantitative estimate of drug-likeness (QED) is 0.560. The zero-order valence-corrected chi connectivity index (χ0v) is 14.5. The summed E-state index contributed by atoms with van der Waals surface area (Å²) in [4.78, 5) is 8.61. The molecule has 0 saturated carbocycles. The fourth-order valence-electron chi connectivity index (χ4n) is 2.52. The summed E-state index contributed by atoms with van der Waals surface area (Å²) in [5, 5.41) is 13.7. The van der Waals surface area contributed by atoms with Gasteiger partial charge in [-0.05, 0) is 37.9 Å². The predicted molar refractivity (Wildman–Crippen MR) is 86.1 cm³/mol. The highest BCUT2D eigenvalue weighted by atomic mass is 35.5. The van der Waals surface area contributed by atoms with Gasteiger partial charge in [-0.25, -0.2) is 13.1 Å². The Kier molecular flexibility index (Phi) is 7.18. The van der Waals surface area contributed by atoms with E-state index in [2.05, 4.69) is 10.0 Å². The molecule has 142 valence electrons. The van der Waals surface area contributed by atoms with Crippen LogP contribution in [0.5, 0.6) is 0 Å². The minimum Gasteiger partial charge on any atom is -0.316 e. The Bertz CT molecular complexity index is 722. The van der Waals surface area contributed by atoms with Gasteiger partial charge in [0, 0.05) is 18.7 Å². The summed E-state index contributed by atoms with van der Waals surface area (Å²) in [5.41, 5.74) is -2.37. The number of alkyl halides is 3. The molecule has 25 heavy (non-hydrogen) atoms. The van der Waals surface area contributed by atoms with Gasteiger partial charge in [0.25, 0.3) is 5.69 Å². The second-order valence-electron chi connectivity index (χ2n) is 5.48. The van der Waals surface area contributed by atoms with Gasteiger partial charge in [0.05, 0.1) is 15.4 Å². The van der Waals surface area contributed by atoms with Gasteiger partial charge in [0.15, 0.2) is 0 Å². The number of nitrogens with zero attached hydrogens (tertiary/aromatic N) is 1. The number of nitro benzene ring substituents is 1. The SMILES string of the molecule is Cl.O=[N+]([O-])c1ccc(S(=O)(=O)NCCC2CCNC2)c(C(F)(F)F)c1. The molecule has 0 bridgehead atoms. The van der Waals surface area contributed by atoms with Crippen LogP contribution in [-0.2, 0) is 16.2 Å². The Morgan fingerprint density at radius 1 is 1.36 bits per heavy atom. The van der Waals surface area contributed by atoms with E-state index in [0.29, 0.717) is 12.5 Å². The molecular formula is C13H17ClF3N3O4S. The number of hydrogen-bond donors (Lipinski definition) is 2. The maximum Gasteiger partial charge on any atom is 0.417 e. The summed E-state index contributed by atoms with van der Waals surface area (Å²) in [6, 6.07) is 1.58. The van der Waals surface area contributed by atoms with Crippen LogP contribution < -0.4 is 10.0 Å². The van der Waals surface area contributed by atoms with Gasteiger partial charge in [-0.2, -0.15) is 13.2 Å². The van der Waals surface area contributed by atoms with E-state index < -0.39 is 37.3 Å². The molecule has 1 aliphatic heterocycles. The molecule has 0 spiro atoms. The Hall–Kier alpha value is -1.43. The van der Waals surface area contributed by atoms with Crippen molar-refractivity contribution >= 4 is 28.1 Å². The minimum atomic E-state index is -5.02. The van der Waals surface area contributed by atoms with E-state index in [-0.39, 0.29) is 30.9 Å². The zero-order chi connectivity index (χ0) is 18.0. The van der Waals surface area contributed by atoms with Gasteiger partial charge in [0.2, 0.25) is 10.0 Å². The van der Waals surface area contributed by atoms with Gasteiger partial charge < -0.3 is 5.32 Å². The zero-order valence-electron chi connectivity index (χ0n) is 12.9. The molecule has 0 amide bonds. The summed E-state index contributed by atoms with van der Waals surface area (Å²) in [5.74, 6) is 0.270. The first kappa shape index (κ1) is 21.6. The Balaban J connectivity index is 0.00000312. The average Bonchev–Trinajstić information content (AvgIpc) is 2.98. The molecule has 0 radical (unpaired) electrons. The van der Waals surface area contributed by atoms with E-state index in [1.807, 2.05) is 0 Å². The molecule has 1 aromatic rings. The average molecular weight is 404 g/mol. The number of rotatable bonds is 6. The summed E-state index contributed by atoms with van der Waals surface area (Å²) >= 11 is 0. The fraction of sp³-hybridized carbons (Fsp3) is 0.538. The normalized spacial score (nSPS) is 18.0. The highest BCUT2D eigenvalue weighted by Crippen LogP contribution is 2.36. The number of sulfonamides is 1. The van der Waals surface area contributed by atoms with Crippen molar-refractivity contribution in [3.05, 3.63) is 33.9 Å². The molecule has 1 heterocycles. The van der Waals surface area contributed by atoms with Crippen molar-refractivity contribution in [1.29, 1.82) is 0 Å². The number of hydrogen-bond acceptors (Lipinski definition) is 5. The highest BCUT2D eigenvalue weighted by molar-refractivity contribution is 7.89. The Morgan fingerprint density at radius 3 is 2.56 bits per heavy atom.